The highest BCUT2D eigenvalue weighted by molar-refractivity contribution is 9.10. The van der Waals surface area contributed by atoms with E-state index in [9.17, 15) is 4.79 Å². The molecule has 1 atom stereocenters. The van der Waals surface area contributed by atoms with Crippen LogP contribution in [0.25, 0.3) is 0 Å². The van der Waals surface area contributed by atoms with Crippen LogP contribution >= 0.6 is 63.0 Å². The first kappa shape index (κ1) is 31.8. The van der Waals surface area contributed by atoms with Gasteiger partial charge in [-0.05, 0) is 42.9 Å². The van der Waals surface area contributed by atoms with Gasteiger partial charge in [-0.1, -0.05) is 135 Å². The van der Waals surface area contributed by atoms with Crippen LogP contribution in [-0.2, 0) is 4.79 Å². The Morgan fingerprint density at radius 3 is 1.79 bits per heavy atom. The van der Waals surface area contributed by atoms with Gasteiger partial charge in [0.25, 0.3) is 0 Å². The number of alkyl halides is 3. The molecule has 0 radical (unpaired) electrons. The molecule has 0 spiro atoms. The molecule has 3 N–H and O–H groups in total. The summed E-state index contributed by atoms with van der Waals surface area (Å²) < 4.78 is -0.798. The van der Waals surface area contributed by atoms with Crippen molar-refractivity contribution in [3.05, 3.63) is 28.7 Å². The largest absolute Gasteiger partial charge is 0.339 e. The summed E-state index contributed by atoms with van der Waals surface area (Å²) in [6.07, 6.45) is 15.8. The molecule has 0 bridgehead atoms. The van der Waals surface area contributed by atoms with E-state index in [1.807, 2.05) is 24.3 Å². The van der Waals surface area contributed by atoms with Crippen molar-refractivity contribution in [3.63, 3.8) is 0 Å². The third kappa shape index (κ3) is 16.4. The molecule has 0 fully saturated rings. The van der Waals surface area contributed by atoms with Crippen molar-refractivity contribution >= 4 is 79.7 Å². The molecule has 9 heteroatoms. The molecule has 0 heterocycles. The number of anilines is 1. The van der Waals surface area contributed by atoms with Crippen LogP contribution < -0.4 is 16.0 Å². The Balaban J connectivity index is 2.17. The van der Waals surface area contributed by atoms with E-state index in [1.165, 1.54) is 64.2 Å². The van der Waals surface area contributed by atoms with Crippen LogP contribution in [0.2, 0.25) is 0 Å². The van der Waals surface area contributed by atoms with E-state index in [0.717, 1.165) is 29.4 Å². The van der Waals surface area contributed by atoms with Crippen molar-refractivity contribution in [3.8, 4) is 0 Å². The second-order valence-electron chi connectivity index (χ2n) is 8.64. The number of halogens is 4. The summed E-state index contributed by atoms with van der Waals surface area (Å²) in [6, 6.07) is 7.48. The highest BCUT2D eigenvalue weighted by atomic mass is 79.9. The lowest BCUT2D eigenvalue weighted by atomic mass is 10.0. The third-order valence-corrected chi connectivity index (χ3v) is 6.92. The number of thiocarbonyl (C=S) groups is 1. The van der Waals surface area contributed by atoms with Crippen LogP contribution in [0.3, 0.4) is 0 Å². The fraction of sp³-hybridized carbons (Fsp3) is 0.680. The number of carbonyl (C=O) groups excluding carboxylic acids is 1. The van der Waals surface area contributed by atoms with Gasteiger partial charge >= 0.3 is 0 Å². The van der Waals surface area contributed by atoms with Crippen LogP contribution in [0.1, 0.15) is 96.8 Å². The van der Waals surface area contributed by atoms with Crippen LogP contribution in [0.5, 0.6) is 0 Å². The minimum Gasteiger partial charge on any atom is -0.339 e. The molecule has 34 heavy (non-hydrogen) atoms. The van der Waals surface area contributed by atoms with Crippen LogP contribution in [0.15, 0.2) is 28.7 Å². The van der Waals surface area contributed by atoms with Crippen molar-refractivity contribution < 1.29 is 4.79 Å². The minimum absolute atomic E-state index is 0.168. The average Bonchev–Trinajstić information content (AvgIpc) is 2.77. The molecule has 0 unspecified atom stereocenters. The van der Waals surface area contributed by atoms with Crippen molar-refractivity contribution in [2.75, 3.05) is 5.32 Å². The Bertz CT molecular complexity index is 702. The SMILES string of the molecule is CCCCCCCCCCCCCCCC(=O)N[C@H](NC(=S)Nc1ccc(Br)cc1)C(Cl)(Cl)Cl. The fourth-order valence-corrected chi connectivity index (χ4v) is 4.40. The van der Waals surface area contributed by atoms with Gasteiger partial charge in [-0.25, -0.2) is 0 Å². The number of carbonyl (C=O) groups is 1. The van der Waals surface area contributed by atoms with Gasteiger partial charge in [0.1, 0.15) is 6.17 Å². The Morgan fingerprint density at radius 1 is 0.853 bits per heavy atom. The summed E-state index contributed by atoms with van der Waals surface area (Å²) in [5.41, 5.74) is 0.780. The highest BCUT2D eigenvalue weighted by Crippen LogP contribution is 2.29. The quantitative estimate of drug-likeness (QED) is 0.0708. The van der Waals surface area contributed by atoms with Crippen molar-refractivity contribution in [1.82, 2.24) is 10.6 Å². The molecule has 0 aliphatic rings. The monoisotopic (exact) mass is 613 g/mol. The number of amides is 1. The topological polar surface area (TPSA) is 53.2 Å². The van der Waals surface area contributed by atoms with E-state index < -0.39 is 9.96 Å². The number of nitrogens with one attached hydrogen (secondary N) is 3. The van der Waals surface area contributed by atoms with Crippen molar-refractivity contribution in [2.45, 2.75) is 107 Å². The van der Waals surface area contributed by atoms with E-state index in [-0.39, 0.29) is 11.0 Å². The Kier molecular flexibility index (Phi) is 17.7. The first-order valence-corrected chi connectivity index (χ1v) is 14.7. The standard InChI is InChI=1S/C25H39BrCl3N3OS/c1-2-3-4-5-6-7-8-9-10-11-12-13-14-15-22(33)31-23(25(27,28)29)32-24(34)30-21-18-16-20(26)17-19-21/h16-19,23H,2-15H2,1H3,(H,31,33)(H2,30,32,34)/t23-/m1/s1. The van der Waals surface area contributed by atoms with Gasteiger partial charge in [-0.15, -0.1) is 0 Å². The summed E-state index contributed by atoms with van der Waals surface area (Å²) >= 11 is 26.9. The van der Waals surface area contributed by atoms with Gasteiger partial charge in [-0.2, -0.15) is 0 Å². The maximum atomic E-state index is 12.4. The van der Waals surface area contributed by atoms with E-state index in [0.29, 0.717) is 6.42 Å². The first-order chi connectivity index (χ1) is 16.2. The normalized spacial score (nSPS) is 12.3. The number of hydrogen-bond acceptors (Lipinski definition) is 2. The number of benzene rings is 1. The molecule has 1 aromatic carbocycles. The summed E-state index contributed by atoms with van der Waals surface area (Å²) in [6.45, 7) is 2.26. The minimum atomic E-state index is -1.75. The van der Waals surface area contributed by atoms with Crippen LogP contribution in [0.4, 0.5) is 5.69 Å². The second-order valence-corrected chi connectivity index (χ2v) is 12.3. The predicted octanol–water partition coefficient (Wildman–Crippen LogP) is 9.03. The molecular formula is C25H39BrCl3N3OS. The van der Waals surface area contributed by atoms with Crippen LogP contribution in [-0.4, -0.2) is 21.0 Å². The Labute approximate surface area is 234 Å². The van der Waals surface area contributed by atoms with Crippen molar-refractivity contribution in [1.29, 1.82) is 0 Å². The maximum Gasteiger partial charge on any atom is 0.228 e. The first-order valence-electron chi connectivity index (χ1n) is 12.4. The zero-order chi connectivity index (χ0) is 25.2. The molecule has 194 valence electrons. The average molecular weight is 616 g/mol. The molecule has 0 aromatic heterocycles. The molecule has 1 amide bonds. The molecule has 0 saturated carbocycles. The molecule has 1 aromatic rings. The predicted molar refractivity (Wildman–Crippen MR) is 156 cm³/mol. The second kappa shape index (κ2) is 18.9. The van der Waals surface area contributed by atoms with E-state index in [2.05, 4.69) is 38.8 Å². The zero-order valence-electron chi connectivity index (χ0n) is 20.1. The van der Waals surface area contributed by atoms with E-state index >= 15 is 0 Å². The van der Waals surface area contributed by atoms with Gasteiger partial charge in [0, 0.05) is 16.6 Å². The van der Waals surface area contributed by atoms with E-state index in [1.54, 1.807) is 0 Å². The molecular weight excluding hydrogens is 577 g/mol. The number of rotatable bonds is 17. The lowest BCUT2D eigenvalue weighted by molar-refractivity contribution is -0.122. The van der Waals surface area contributed by atoms with Gasteiger partial charge in [0.15, 0.2) is 5.11 Å². The molecule has 4 nitrogen and oxygen atoms in total. The van der Waals surface area contributed by atoms with Crippen molar-refractivity contribution in [2.24, 2.45) is 0 Å². The maximum absolute atomic E-state index is 12.4. The van der Waals surface area contributed by atoms with Gasteiger partial charge < -0.3 is 16.0 Å². The zero-order valence-corrected chi connectivity index (χ0v) is 24.8. The summed E-state index contributed by atoms with van der Waals surface area (Å²) in [5.74, 6) is -0.168. The summed E-state index contributed by atoms with van der Waals surface area (Å²) in [4.78, 5) is 12.4. The van der Waals surface area contributed by atoms with E-state index in [4.69, 9.17) is 47.0 Å². The number of hydrogen-bond donors (Lipinski definition) is 3. The summed E-state index contributed by atoms with van der Waals surface area (Å²) in [5, 5.41) is 8.89. The van der Waals surface area contributed by atoms with Crippen LogP contribution in [0, 0.1) is 0 Å². The molecule has 0 saturated heterocycles. The lowest BCUT2D eigenvalue weighted by Crippen LogP contribution is -2.56. The summed E-state index contributed by atoms with van der Waals surface area (Å²) in [7, 11) is 0. The van der Waals surface area contributed by atoms with Gasteiger partial charge in [-0.3, -0.25) is 4.79 Å². The Hall–Kier alpha value is -0.270. The fourth-order valence-electron chi connectivity index (χ4n) is 3.57. The molecule has 1 rings (SSSR count). The number of unbranched alkanes of at least 4 members (excludes halogenated alkanes) is 12. The smallest absolute Gasteiger partial charge is 0.228 e. The molecule has 0 aliphatic carbocycles. The highest BCUT2D eigenvalue weighted by Gasteiger charge is 2.34. The molecule has 0 aliphatic heterocycles. The Morgan fingerprint density at radius 2 is 1.32 bits per heavy atom. The van der Waals surface area contributed by atoms with Gasteiger partial charge in [0.2, 0.25) is 9.70 Å². The van der Waals surface area contributed by atoms with Gasteiger partial charge in [0.05, 0.1) is 0 Å². The third-order valence-electron chi connectivity index (χ3n) is 5.52. The lowest BCUT2D eigenvalue weighted by Gasteiger charge is -2.27.